The van der Waals surface area contributed by atoms with Crippen molar-refractivity contribution in [3.8, 4) is 0 Å². The van der Waals surface area contributed by atoms with Crippen LogP contribution in [0.4, 0.5) is 5.82 Å². The average molecular weight is 298 g/mol. The van der Waals surface area contributed by atoms with Crippen LogP contribution in [0.1, 0.15) is 13.8 Å². The Bertz CT molecular complexity index is 546. The second kappa shape index (κ2) is 5.67. The maximum atomic E-state index is 12.0. The Hall–Kier alpha value is -1.18. The van der Waals surface area contributed by atoms with Gasteiger partial charge in [-0.05, 0) is 26.0 Å². The Kier molecular flexibility index (Phi) is 4.31. The van der Waals surface area contributed by atoms with E-state index in [4.69, 9.17) is 0 Å². The molecule has 2 heterocycles. The number of hydrogen-bond donors (Lipinski definition) is 1. The van der Waals surface area contributed by atoms with Gasteiger partial charge in [0.15, 0.2) is 0 Å². The molecular formula is C13H22N4O2S. The molecule has 1 aliphatic heterocycles. The van der Waals surface area contributed by atoms with Crippen LogP contribution in [0.3, 0.4) is 0 Å². The normalized spacial score (nSPS) is 24.1. The zero-order chi connectivity index (χ0) is 14.9. The van der Waals surface area contributed by atoms with Gasteiger partial charge in [-0.2, -0.15) is 0 Å². The van der Waals surface area contributed by atoms with Crippen LogP contribution in [0.15, 0.2) is 23.2 Å². The van der Waals surface area contributed by atoms with Crippen LogP contribution in [-0.4, -0.2) is 57.0 Å². The molecule has 0 aromatic carbocycles. The summed E-state index contributed by atoms with van der Waals surface area (Å²) in [7, 11) is -0.372. The molecule has 0 saturated carbocycles. The van der Waals surface area contributed by atoms with Crippen molar-refractivity contribution in [1.82, 2.24) is 14.6 Å². The van der Waals surface area contributed by atoms with E-state index in [1.54, 1.807) is 12.1 Å². The van der Waals surface area contributed by atoms with Gasteiger partial charge in [0.1, 0.15) is 10.7 Å². The molecule has 0 spiro atoms. The van der Waals surface area contributed by atoms with E-state index >= 15 is 0 Å². The van der Waals surface area contributed by atoms with Gasteiger partial charge in [0.05, 0.1) is 0 Å². The van der Waals surface area contributed by atoms with Crippen molar-refractivity contribution in [3.05, 3.63) is 18.3 Å². The first-order valence-electron chi connectivity index (χ1n) is 6.70. The lowest BCUT2D eigenvalue weighted by molar-refractivity contribution is 0.405. The average Bonchev–Trinajstić information content (AvgIpc) is 2.37. The van der Waals surface area contributed by atoms with Crippen molar-refractivity contribution in [2.75, 3.05) is 32.1 Å². The van der Waals surface area contributed by atoms with Gasteiger partial charge in [-0.25, -0.2) is 17.7 Å². The summed E-state index contributed by atoms with van der Waals surface area (Å²) in [5, 5.41) is 3.46. The molecule has 2 atom stereocenters. The quantitative estimate of drug-likeness (QED) is 0.881. The molecule has 1 aromatic heterocycles. The summed E-state index contributed by atoms with van der Waals surface area (Å²) in [4.78, 5) is 6.72. The second-order valence-corrected chi connectivity index (χ2v) is 7.67. The number of pyridine rings is 1. The van der Waals surface area contributed by atoms with Crippen molar-refractivity contribution in [2.45, 2.75) is 30.8 Å². The van der Waals surface area contributed by atoms with Crippen LogP contribution >= 0.6 is 0 Å². The van der Waals surface area contributed by atoms with Crippen LogP contribution in [0.25, 0.3) is 0 Å². The van der Waals surface area contributed by atoms with Crippen LogP contribution < -0.4 is 10.2 Å². The number of piperazine rings is 1. The molecule has 1 aromatic rings. The van der Waals surface area contributed by atoms with E-state index in [1.807, 2.05) is 0 Å². The summed E-state index contributed by atoms with van der Waals surface area (Å²) in [5.74, 6) is 0.822. The molecule has 1 N–H and O–H groups in total. The smallest absolute Gasteiger partial charge is 0.244 e. The fourth-order valence-electron chi connectivity index (χ4n) is 2.44. The highest BCUT2D eigenvalue weighted by atomic mass is 32.2. The zero-order valence-corrected chi connectivity index (χ0v) is 13.2. The number of hydrogen-bond acceptors (Lipinski definition) is 5. The standard InChI is InChI=1S/C13H22N4O2S/c1-10-8-17(9-11(2)15-10)13-6-5-12(7-14-13)20(18,19)16(3)4/h5-7,10-11,15H,8-9H2,1-4H3. The summed E-state index contributed by atoms with van der Waals surface area (Å²) < 4.78 is 25.2. The number of nitrogens with zero attached hydrogens (tertiary/aromatic N) is 3. The third-order valence-electron chi connectivity index (χ3n) is 3.38. The third-order valence-corrected chi connectivity index (χ3v) is 5.18. The van der Waals surface area contributed by atoms with E-state index in [0.29, 0.717) is 12.1 Å². The predicted octanol–water partition coefficient (Wildman–Crippen LogP) is 0.518. The maximum Gasteiger partial charge on any atom is 0.244 e. The van der Waals surface area contributed by atoms with Gasteiger partial charge in [-0.15, -0.1) is 0 Å². The Morgan fingerprint density at radius 2 is 1.85 bits per heavy atom. The summed E-state index contributed by atoms with van der Waals surface area (Å²) >= 11 is 0. The van der Waals surface area contributed by atoms with E-state index in [1.165, 1.54) is 24.6 Å². The molecule has 0 amide bonds. The highest BCUT2D eigenvalue weighted by molar-refractivity contribution is 7.89. The lowest BCUT2D eigenvalue weighted by atomic mass is 10.1. The van der Waals surface area contributed by atoms with Crippen molar-refractivity contribution in [1.29, 1.82) is 0 Å². The van der Waals surface area contributed by atoms with E-state index in [2.05, 4.69) is 29.0 Å². The first-order valence-corrected chi connectivity index (χ1v) is 8.14. The highest BCUT2D eigenvalue weighted by Gasteiger charge is 2.23. The van der Waals surface area contributed by atoms with Crippen molar-refractivity contribution in [2.24, 2.45) is 0 Å². The number of rotatable bonds is 3. The fraction of sp³-hybridized carbons (Fsp3) is 0.615. The Morgan fingerprint density at radius 3 is 2.30 bits per heavy atom. The molecule has 0 aliphatic carbocycles. The molecule has 7 heteroatoms. The van der Waals surface area contributed by atoms with Crippen LogP contribution in [0, 0.1) is 0 Å². The first-order chi connectivity index (χ1) is 9.30. The van der Waals surface area contributed by atoms with Gasteiger partial charge in [0.25, 0.3) is 0 Å². The van der Waals surface area contributed by atoms with Gasteiger partial charge >= 0.3 is 0 Å². The molecule has 0 bridgehead atoms. The van der Waals surface area contributed by atoms with Gasteiger partial charge < -0.3 is 10.2 Å². The third kappa shape index (κ3) is 3.11. The molecule has 6 nitrogen and oxygen atoms in total. The van der Waals surface area contributed by atoms with E-state index in [-0.39, 0.29) is 4.90 Å². The topological polar surface area (TPSA) is 65.5 Å². The van der Waals surface area contributed by atoms with Crippen LogP contribution in [0.2, 0.25) is 0 Å². The molecule has 1 fully saturated rings. The molecule has 112 valence electrons. The van der Waals surface area contributed by atoms with Crippen molar-refractivity contribution >= 4 is 15.8 Å². The van der Waals surface area contributed by atoms with E-state index in [0.717, 1.165) is 18.9 Å². The van der Waals surface area contributed by atoms with E-state index in [9.17, 15) is 8.42 Å². The van der Waals surface area contributed by atoms with Gasteiger partial charge in [0, 0.05) is 45.5 Å². The summed E-state index contributed by atoms with van der Waals surface area (Å²) in [6.45, 7) is 6.01. The van der Waals surface area contributed by atoms with Gasteiger partial charge in [-0.3, -0.25) is 0 Å². The fourth-order valence-corrected chi connectivity index (χ4v) is 3.28. The molecule has 20 heavy (non-hydrogen) atoms. The number of nitrogens with one attached hydrogen (secondary N) is 1. The van der Waals surface area contributed by atoms with Crippen molar-refractivity contribution < 1.29 is 8.42 Å². The number of sulfonamides is 1. The van der Waals surface area contributed by atoms with Crippen molar-refractivity contribution in [3.63, 3.8) is 0 Å². The predicted molar refractivity (Wildman–Crippen MR) is 79.4 cm³/mol. The lowest BCUT2D eigenvalue weighted by Crippen LogP contribution is -2.54. The molecule has 2 rings (SSSR count). The minimum atomic E-state index is -3.41. The lowest BCUT2D eigenvalue weighted by Gasteiger charge is -2.36. The minimum Gasteiger partial charge on any atom is -0.354 e. The largest absolute Gasteiger partial charge is 0.354 e. The summed E-state index contributed by atoms with van der Waals surface area (Å²) in [5.41, 5.74) is 0. The molecule has 1 aliphatic rings. The number of aromatic nitrogens is 1. The second-order valence-electron chi connectivity index (χ2n) is 5.51. The Labute approximate surface area is 120 Å². The number of anilines is 1. The summed E-state index contributed by atoms with van der Waals surface area (Å²) in [6.07, 6.45) is 1.43. The molecule has 1 saturated heterocycles. The maximum absolute atomic E-state index is 12.0. The Balaban J connectivity index is 2.20. The monoisotopic (exact) mass is 298 g/mol. The highest BCUT2D eigenvalue weighted by Crippen LogP contribution is 2.18. The SMILES string of the molecule is CC1CN(c2ccc(S(=O)(=O)N(C)C)cn2)CC(C)N1. The summed E-state index contributed by atoms with van der Waals surface area (Å²) in [6, 6.07) is 4.19. The van der Waals surface area contributed by atoms with Crippen LogP contribution in [0.5, 0.6) is 0 Å². The Morgan fingerprint density at radius 1 is 1.25 bits per heavy atom. The first kappa shape index (κ1) is 15.2. The van der Waals surface area contributed by atoms with Crippen LogP contribution in [-0.2, 0) is 10.0 Å². The molecule has 0 radical (unpaired) electrons. The van der Waals surface area contributed by atoms with E-state index < -0.39 is 10.0 Å². The van der Waals surface area contributed by atoms with Gasteiger partial charge in [-0.1, -0.05) is 0 Å². The molecule has 2 unspecified atom stereocenters. The molecular weight excluding hydrogens is 276 g/mol. The zero-order valence-electron chi connectivity index (χ0n) is 12.4. The van der Waals surface area contributed by atoms with Gasteiger partial charge in [0.2, 0.25) is 10.0 Å². The minimum absolute atomic E-state index is 0.225.